The van der Waals surface area contributed by atoms with Gasteiger partial charge < -0.3 is 9.47 Å². The second kappa shape index (κ2) is 8.33. The Bertz CT molecular complexity index is 1250. The normalized spacial score (nSPS) is 12.0. The minimum Gasteiger partial charge on any atom is -0.454 e. The van der Waals surface area contributed by atoms with Gasteiger partial charge in [0.25, 0.3) is 5.91 Å². The maximum absolute atomic E-state index is 13.3. The van der Waals surface area contributed by atoms with Crippen molar-refractivity contribution < 1.29 is 14.3 Å². The number of hydrogen-bond acceptors (Lipinski definition) is 7. The van der Waals surface area contributed by atoms with E-state index in [4.69, 9.17) is 9.47 Å². The van der Waals surface area contributed by atoms with Crippen LogP contribution in [0, 0.1) is 0 Å². The van der Waals surface area contributed by atoms with E-state index in [2.05, 4.69) is 16.5 Å². The fourth-order valence-corrected chi connectivity index (χ4v) is 4.88. The first kappa shape index (κ1) is 19.5. The summed E-state index contributed by atoms with van der Waals surface area (Å²) >= 11 is 2.77. The smallest absolute Gasteiger partial charge is 0.272 e. The molecule has 0 radical (unpaired) electrons. The molecule has 0 atom stereocenters. The number of hydrogen-bond donors (Lipinski definition) is 0. The maximum atomic E-state index is 13.3. The molecule has 31 heavy (non-hydrogen) atoms. The first-order valence-corrected chi connectivity index (χ1v) is 11.2. The SMILES string of the molecule is C=CCN(C(=O)c1cnc(-c2ccc3c(c2)OCO3)s1)c1nc(-c2ccccc2)cs1. The lowest BCUT2D eigenvalue weighted by Gasteiger charge is -2.16. The molecule has 5 rings (SSSR count). The standard InChI is InChI=1S/C23H17N3O3S2/c1-2-10-26(23-25-17(13-30-23)15-6-4-3-5-7-15)22(27)20-12-24-21(31-20)16-8-9-18-19(11-16)29-14-28-18/h2-9,11-13H,1,10,14H2. The van der Waals surface area contributed by atoms with E-state index in [-0.39, 0.29) is 12.7 Å². The number of nitrogens with zero attached hydrogens (tertiary/aromatic N) is 3. The molecule has 0 saturated heterocycles. The molecule has 154 valence electrons. The Morgan fingerprint density at radius 1 is 1.13 bits per heavy atom. The van der Waals surface area contributed by atoms with Gasteiger partial charge in [0.2, 0.25) is 6.79 Å². The minimum absolute atomic E-state index is 0.154. The van der Waals surface area contributed by atoms with Gasteiger partial charge in [-0.05, 0) is 18.2 Å². The van der Waals surface area contributed by atoms with Gasteiger partial charge in [0.1, 0.15) is 9.88 Å². The molecular weight excluding hydrogens is 430 g/mol. The Labute approximate surface area is 187 Å². The summed E-state index contributed by atoms with van der Waals surface area (Å²) in [5.74, 6) is 1.25. The average Bonchev–Trinajstić information content (AvgIpc) is 3.57. The van der Waals surface area contributed by atoms with Crippen LogP contribution in [0.4, 0.5) is 5.13 Å². The van der Waals surface area contributed by atoms with Crippen LogP contribution in [0.5, 0.6) is 11.5 Å². The van der Waals surface area contributed by atoms with Crippen molar-refractivity contribution in [1.29, 1.82) is 0 Å². The number of benzene rings is 2. The monoisotopic (exact) mass is 447 g/mol. The lowest BCUT2D eigenvalue weighted by molar-refractivity contribution is 0.0993. The van der Waals surface area contributed by atoms with Crippen molar-refractivity contribution in [2.24, 2.45) is 0 Å². The molecule has 0 saturated carbocycles. The van der Waals surface area contributed by atoms with Crippen molar-refractivity contribution in [2.75, 3.05) is 18.2 Å². The quantitative estimate of drug-likeness (QED) is 0.366. The number of carbonyl (C=O) groups excluding carboxylic acids is 1. The van der Waals surface area contributed by atoms with Gasteiger partial charge in [-0.25, -0.2) is 9.97 Å². The van der Waals surface area contributed by atoms with Crippen molar-refractivity contribution >= 4 is 33.7 Å². The zero-order valence-electron chi connectivity index (χ0n) is 16.4. The van der Waals surface area contributed by atoms with E-state index in [1.54, 1.807) is 17.2 Å². The number of rotatable bonds is 6. The second-order valence-electron chi connectivity index (χ2n) is 6.68. The van der Waals surface area contributed by atoms with E-state index in [9.17, 15) is 4.79 Å². The van der Waals surface area contributed by atoms with Crippen LogP contribution in [0.3, 0.4) is 0 Å². The van der Waals surface area contributed by atoms with Gasteiger partial charge in [-0.2, -0.15) is 0 Å². The number of aromatic nitrogens is 2. The number of amides is 1. The Hall–Kier alpha value is -3.49. The van der Waals surface area contributed by atoms with Crippen molar-refractivity contribution in [2.45, 2.75) is 0 Å². The number of fused-ring (bicyclic) bond motifs is 1. The molecular formula is C23H17N3O3S2. The summed E-state index contributed by atoms with van der Waals surface area (Å²) in [4.78, 5) is 24.6. The van der Waals surface area contributed by atoms with Gasteiger partial charge in [0, 0.05) is 23.1 Å². The van der Waals surface area contributed by atoms with Crippen LogP contribution >= 0.6 is 22.7 Å². The number of thiazole rings is 2. The third kappa shape index (κ3) is 3.83. The highest BCUT2D eigenvalue weighted by atomic mass is 32.1. The molecule has 2 aromatic carbocycles. The molecule has 0 spiro atoms. The predicted octanol–water partition coefficient (Wildman–Crippen LogP) is 5.50. The summed E-state index contributed by atoms with van der Waals surface area (Å²) in [5.41, 5.74) is 2.73. The van der Waals surface area contributed by atoms with Gasteiger partial charge in [-0.3, -0.25) is 9.69 Å². The van der Waals surface area contributed by atoms with Crippen LogP contribution in [0.2, 0.25) is 0 Å². The van der Waals surface area contributed by atoms with Crippen LogP contribution in [0.15, 0.2) is 72.8 Å². The number of anilines is 1. The third-order valence-electron chi connectivity index (χ3n) is 4.69. The van der Waals surface area contributed by atoms with Crippen LogP contribution in [-0.2, 0) is 0 Å². The van der Waals surface area contributed by atoms with Crippen molar-refractivity contribution in [3.63, 3.8) is 0 Å². The summed E-state index contributed by atoms with van der Waals surface area (Å²) in [7, 11) is 0. The molecule has 1 aliphatic rings. The Morgan fingerprint density at radius 3 is 2.81 bits per heavy atom. The van der Waals surface area contributed by atoms with E-state index in [1.807, 2.05) is 53.9 Å². The fraction of sp³-hybridized carbons (Fsp3) is 0.0870. The zero-order valence-corrected chi connectivity index (χ0v) is 18.0. The molecule has 0 aliphatic carbocycles. The molecule has 2 aromatic heterocycles. The van der Waals surface area contributed by atoms with E-state index in [0.29, 0.717) is 28.1 Å². The van der Waals surface area contributed by atoms with E-state index < -0.39 is 0 Å². The van der Waals surface area contributed by atoms with Gasteiger partial charge in [0.15, 0.2) is 16.6 Å². The molecule has 0 bridgehead atoms. The fourth-order valence-electron chi connectivity index (χ4n) is 3.18. The summed E-state index contributed by atoms with van der Waals surface area (Å²) in [6, 6.07) is 15.5. The molecule has 0 N–H and O–H groups in total. The van der Waals surface area contributed by atoms with Crippen molar-refractivity contribution in [1.82, 2.24) is 9.97 Å². The molecule has 4 aromatic rings. The van der Waals surface area contributed by atoms with Gasteiger partial charge in [0.05, 0.1) is 11.9 Å². The lowest BCUT2D eigenvalue weighted by Crippen LogP contribution is -2.30. The zero-order chi connectivity index (χ0) is 21.2. The summed E-state index contributed by atoms with van der Waals surface area (Å²) in [6.45, 7) is 4.37. The molecule has 0 unspecified atom stereocenters. The molecule has 0 fully saturated rings. The summed E-state index contributed by atoms with van der Waals surface area (Å²) < 4.78 is 10.8. The number of ether oxygens (including phenoxy) is 2. The largest absolute Gasteiger partial charge is 0.454 e. The predicted molar refractivity (Wildman–Crippen MR) is 123 cm³/mol. The van der Waals surface area contributed by atoms with E-state index >= 15 is 0 Å². The van der Waals surface area contributed by atoms with Crippen LogP contribution in [-0.4, -0.2) is 29.2 Å². The van der Waals surface area contributed by atoms with Crippen LogP contribution < -0.4 is 14.4 Å². The Kier molecular flexibility index (Phi) is 5.23. The molecule has 1 aliphatic heterocycles. The third-order valence-corrected chi connectivity index (χ3v) is 6.58. The minimum atomic E-state index is -0.154. The molecule has 3 heterocycles. The molecule has 6 nitrogen and oxygen atoms in total. The van der Waals surface area contributed by atoms with Crippen LogP contribution in [0.25, 0.3) is 21.8 Å². The van der Waals surface area contributed by atoms with Gasteiger partial charge >= 0.3 is 0 Å². The first-order chi connectivity index (χ1) is 15.2. The molecule has 8 heteroatoms. The van der Waals surface area contributed by atoms with E-state index in [1.165, 1.54) is 22.7 Å². The van der Waals surface area contributed by atoms with Crippen molar-refractivity contribution in [3.8, 4) is 33.3 Å². The summed E-state index contributed by atoms with van der Waals surface area (Å²) in [6.07, 6.45) is 3.30. The van der Waals surface area contributed by atoms with E-state index in [0.717, 1.165) is 21.8 Å². The maximum Gasteiger partial charge on any atom is 0.272 e. The highest BCUT2D eigenvalue weighted by Crippen LogP contribution is 2.37. The lowest BCUT2D eigenvalue weighted by atomic mass is 10.2. The van der Waals surface area contributed by atoms with Gasteiger partial charge in [-0.15, -0.1) is 29.3 Å². The number of carbonyl (C=O) groups is 1. The second-order valence-corrected chi connectivity index (χ2v) is 8.55. The average molecular weight is 448 g/mol. The van der Waals surface area contributed by atoms with Gasteiger partial charge in [-0.1, -0.05) is 36.4 Å². The highest BCUT2D eigenvalue weighted by Gasteiger charge is 2.23. The summed E-state index contributed by atoms with van der Waals surface area (Å²) in [5, 5.41) is 3.32. The highest BCUT2D eigenvalue weighted by molar-refractivity contribution is 7.17. The Morgan fingerprint density at radius 2 is 1.97 bits per heavy atom. The topological polar surface area (TPSA) is 64.6 Å². The first-order valence-electron chi connectivity index (χ1n) is 9.52. The Balaban J connectivity index is 1.41. The molecule has 1 amide bonds. The van der Waals surface area contributed by atoms with Crippen LogP contribution in [0.1, 0.15) is 9.67 Å². The van der Waals surface area contributed by atoms with Crippen molar-refractivity contribution in [3.05, 3.63) is 77.6 Å².